The molecule has 8 heteroatoms. The van der Waals surface area contributed by atoms with Crippen LogP contribution in [-0.2, 0) is 4.79 Å². The Morgan fingerprint density at radius 1 is 1.10 bits per heavy atom. The third-order valence-corrected chi connectivity index (χ3v) is 5.51. The smallest absolute Gasteiger partial charge is 0.408 e. The summed E-state index contributed by atoms with van der Waals surface area (Å²) in [7, 11) is 0. The van der Waals surface area contributed by atoms with Crippen molar-refractivity contribution >= 4 is 17.8 Å². The van der Waals surface area contributed by atoms with Gasteiger partial charge in [0.15, 0.2) is 5.78 Å². The largest absolute Gasteiger partial charge is 0.494 e. The first kappa shape index (κ1) is 24.7. The van der Waals surface area contributed by atoms with Crippen LogP contribution in [0.1, 0.15) is 51.4 Å². The Hall–Kier alpha value is -2.61. The van der Waals surface area contributed by atoms with Gasteiger partial charge in [0.2, 0.25) is 5.91 Å². The molecule has 1 heterocycles. The molecule has 0 aromatic heterocycles. The van der Waals surface area contributed by atoms with Gasteiger partial charge in [0.25, 0.3) is 0 Å². The number of rotatable bonds is 8. The monoisotopic (exact) mass is 433 g/mol. The first-order chi connectivity index (χ1) is 14.5. The molecule has 0 saturated carbocycles. The molecule has 1 saturated heterocycles. The fraction of sp³-hybridized carbons (Fsp3) is 0.609. The number of hydrogen-bond acceptors (Lipinski definition) is 5. The predicted octanol–water partition coefficient (Wildman–Crippen LogP) is 2.97. The van der Waals surface area contributed by atoms with Crippen molar-refractivity contribution in [2.24, 2.45) is 0 Å². The number of benzene rings is 1. The Morgan fingerprint density at radius 3 is 2.16 bits per heavy atom. The maximum Gasteiger partial charge on any atom is 0.408 e. The van der Waals surface area contributed by atoms with E-state index in [9.17, 15) is 19.5 Å². The van der Waals surface area contributed by atoms with Crippen molar-refractivity contribution in [3.05, 3.63) is 29.8 Å². The molecule has 1 atom stereocenters. The van der Waals surface area contributed by atoms with Gasteiger partial charge in [-0.25, -0.2) is 4.79 Å². The molecule has 1 fully saturated rings. The second kappa shape index (κ2) is 10.6. The molecule has 1 aliphatic heterocycles. The van der Waals surface area contributed by atoms with Gasteiger partial charge in [0, 0.05) is 43.8 Å². The van der Waals surface area contributed by atoms with E-state index in [4.69, 9.17) is 4.74 Å². The minimum Gasteiger partial charge on any atom is -0.494 e. The third kappa shape index (κ3) is 6.95. The lowest BCUT2D eigenvalue weighted by atomic mass is 10.0. The van der Waals surface area contributed by atoms with Crippen molar-refractivity contribution in [1.82, 2.24) is 14.7 Å². The standard InChI is InChI=1S/C23H35N3O5/c1-17(26(22(29)30)23(3,4)5)21(28)25-14-12-24(13-15-25)11-6-16-31-20-9-7-19(8-10-20)18(2)27/h7-10,17H,6,11-16H2,1-5H3,(H,29,30)/t17-/m0/s1. The highest BCUT2D eigenvalue weighted by Gasteiger charge is 2.37. The fourth-order valence-electron chi connectivity index (χ4n) is 3.86. The number of amides is 2. The van der Waals surface area contributed by atoms with Crippen LogP contribution in [0.4, 0.5) is 4.79 Å². The van der Waals surface area contributed by atoms with Gasteiger partial charge in [0.1, 0.15) is 11.8 Å². The predicted molar refractivity (Wildman–Crippen MR) is 119 cm³/mol. The zero-order chi connectivity index (χ0) is 23.2. The first-order valence-electron chi connectivity index (χ1n) is 10.8. The summed E-state index contributed by atoms with van der Waals surface area (Å²) in [6.45, 7) is 12.7. The number of carbonyl (C=O) groups is 3. The van der Waals surface area contributed by atoms with Gasteiger partial charge < -0.3 is 14.7 Å². The Labute approximate surface area is 184 Å². The van der Waals surface area contributed by atoms with Crippen LogP contribution < -0.4 is 4.74 Å². The molecule has 1 aromatic carbocycles. The van der Waals surface area contributed by atoms with Crippen LogP contribution in [0.15, 0.2) is 24.3 Å². The number of ether oxygens (including phenoxy) is 1. The van der Waals surface area contributed by atoms with E-state index < -0.39 is 17.7 Å². The zero-order valence-corrected chi connectivity index (χ0v) is 19.3. The van der Waals surface area contributed by atoms with E-state index in [0.717, 1.165) is 31.8 Å². The molecule has 2 amide bonds. The maximum atomic E-state index is 12.8. The number of piperazine rings is 1. The highest BCUT2D eigenvalue weighted by molar-refractivity contribution is 5.94. The topological polar surface area (TPSA) is 90.4 Å². The summed E-state index contributed by atoms with van der Waals surface area (Å²) in [6, 6.07) is 6.42. The molecule has 31 heavy (non-hydrogen) atoms. The quantitative estimate of drug-likeness (QED) is 0.501. The molecule has 1 aliphatic rings. The van der Waals surface area contributed by atoms with Crippen LogP contribution in [0, 0.1) is 0 Å². The van der Waals surface area contributed by atoms with Crippen molar-refractivity contribution in [2.45, 2.75) is 52.6 Å². The molecule has 1 aromatic rings. The molecular formula is C23H35N3O5. The number of hydrogen-bond donors (Lipinski definition) is 1. The second-order valence-corrected chi connectivity index (χ2v) is 8.95. The molecule has 1 N–H and O–H groups in total. The average Bonchev–Trinajstić information content (AvgIpc) is 2.70. The van der Waals surface area contributed by atoms with Gasteiger partial charge in [-0.2, -0.15) is 0 Å². The van der Waals surface area contributed by atoms with Gasteiger partial charge in [-0.15, -0.1) is 0 Å². The van der Waals surface area contributed by atoms with E-state index >= 15 is 0 Å². The zero-order valence-electron chi connectivity index (χ0n) is 19.3. The summed E-state index contributed by atoms with van der Waals surface area (Å²) < 4.78 is 5.74. The minimum atomic E-state index is -1.08. The number of carboxylic acid groups (broad SMARTS) is 1. The molecular weight excluding hydrogens is 398 g/mol. The summed E-state index contributed by atoms with van der Waals surface area (Å²) >= 11 is 0. The van der Waals surface area contributed by atoms with Crippen molar-refractivity contribution < 1.29 is 24.2 Å². The van der Waals surface area contributed by atoms with E-state index in [2.05, 4.69) is 4.90 Å². The summed E-state index contributed by atoms with van der Waals surface area (Å²) in [5, 5.41) is 9.53. The van der Waals surface area contributed by atoms with Gasteiger partial charge in [-0.05, 0) is 65.3 Å². The normalized spacial score (nSPS) is 16.0. The average molecular weight is 434 g/mol. The molecule has 0 unspecified atom stereocenters. The number of ketones is 1. The summed E-state index contributed by atoms with van der Waals surface area (Å²) in [6.07, 6.45) is -0.224. The Balaban J connectivity index is 1.73. The molecule has 0 aliphatic carbocycles. The van der Waals surface area contributed by atoms with Crippen molar-refractivity contribution in [2.75, 3.05) is 39.3 Å². The molecule has 0 bridgehead atoms. The fourth-order valence-corrected chi connectivity index (χ4v) is 3.86. The molecule has 0 radical (unpaired) electrons. The van der Waals surface area contributed by atoms with Gasteiger partial charge >= 0.3 is 6.09 Å². The summed E-state index contributed by atoms with van der Waals surface area (Å²) in [5.41, 5.74) is 0.0258. The van der Waals surface area contributed by atoms with E-state index in [1.165, 1.54) is 11.8 Å². The molecule has 2 rings (SSSR count). The number of nitrogens with zero attached hydrogens (tertiary/aromatic N) is 3. The lowest BCUT2D eigenvalue weighted by Crippen LogP contribution is -2.59. The van der Waals surface area contributed by atoms with Crippen LogP contribution in [0.25, 0.3) is 0 Å². The summed E-state index contributed by atoms with van der Waals surface area (Å²) in [5.74, 6) is 0.637. The van der Waals surface area contributed by atoms with E-state index in [-0.39, 0.29) is 11.7 Å². The lowest BCUT2D eigenvalue weighted by Gasteiger charge is -2.41. The van der Waals surface area contributed by atoms with E-state index in [1.54, 1.807) is 56.9 Å². The van der Waals surface area contributed by atoms with Crippen molar-refractivity contribution in [3.63, 3.8) is 0 Å². The van der Waals surface area contributed by atoms with Gasteiger partial charge in [-0.1, -0.05) is 0 Å². The highest BCUT2D eigenvalue weighted by atomic mass is 16.5. The number of carbonyl (C=O) groups excluding carboxylic acids is 2. The lowest BCUT2D eigenvalue weighted by molar-refractivity contribution is -0.139. The van der Waals surface area contributed by atoms with Crippen LogP contribution in [0.5, 0.6) is 5.75 Å². The highest BCUT2D eigenvalue weighted by Crippen LogP contribution is 2.19. The summed E-state index contributed by atoms with van der Waals surface area (Å²) in [4.78, 5) is 41.1. The van der Waals surface area contributed by atoms with Crippen molar-refractivity contribution in [3.8, 4) is 5.75 Å². The van der Waals surface area contributed by atoms with Gasteiger partial charge in [-0.3, -0.25) is 19.4 Å². The van der Waals surface area contributed by atoms with Crippen molar-refractivity contribution in [1.29, 1.82) is 0 Å². The first-order valence-corrected chi connectivity index (χ1v) is 10.8. The Kier molecular flexibility index (Phi) is 8.44. The second-order valence-electron chi connectivity index (χ2n) is 8.95. The Morgan fingerprint density at radius 2 is 1.68 bits per heavy atom. The molecule has 0 spiro atoms. The SMILES string of the molecule is CC(=O)c1ccc(OCCCN2CCN(C(=O)[C@H](C)N(C(=O)O)C(C)(C)C)CC2)cc1. The Bertz CT molecular complexity index is 764. The van der Waals surface area contributed by atoms with Crippen LogP contribution in [0.3, 0.4) is 0 Å². The van der Waals surface area contributed by atoms with Gasteiger partial charge in [0.05, 0.1) is 6.61 Å². The minimum absolute atomic E-state index is 0.0349. The van der Waals surface area contributed by atoms with Crippen LogP contribution >= 0.6 is 0 Å². The van der Waals surface area contributed by atoms with Crippen LogP contribution in [-0.4, -0.2) is 88.5 Å². The van der Waals surface area contributed by atoms with E-state index in [0.29, 0.717) is 25.3 Å². The number of Topliss-reactive ketones (excluding diaryl/α,β-unsaturated/α-hetero) is 1. The third-order valence-electron chi connectivity index (χ3n) is 5.51. The maximum absolute atomic E-state index is 12.8. The van der Waals surface area contributed by atoms with Crippen LogP contribution in [0.2, 0.25) is 0 Å². The molecule has 8 nitrogen and oxygen atoms in total. The van der Waals surface area contributed by atoms with E-state index in [1.807, 2.05) is 0 Å². The molecule has 172 valence electrons.